The van der Waals surface area contributed by atoms with Gasteiger partial charge in [0.2, 0.25) is 15.9 Å². The fourth-order valence-electron chi connectivity index (χ4n) is 3.33. The van der Waals surface area contributed by atoms with Gasteiger partial charge in [0, 0.05) is 11.7 Å². The minimum atomic E-state index is -3.57. The molecule has 1 atom stereocenters. The Kier molecular flexibility index (Phi) is 4.56. The maximum atomic E-state index is 13.0. The van der Waals surface area contributed by atoms with Gasteiger partial charge in [0.05, 0.1) is 11.9 Å². The molecule has 3 rings (SSSR count). The lowest BCUT2D eigenvalue weighted by molar-refractivity contribution is -0.117. The Balaban J connectivity index is 1.92. The first-order valence-electron chi connectivity index (χ1n) is 8.21. The predicted octanol–water partition coefficient (Wildman–Crippen LogP) is 2.74. The van der Waals surface area contributed by atoms with Gasteiger partial charge in [0.1, 0.15) is 6.54 Å². The zero-order chi connectivity index (χ0) is 18.2. The second-order valence-corrected chi connectivity index (χ2v) is 8.46. The molecule has 0 saturated heterocycles. The summed E-state index contributed by atoms with van der Waals surface area (Å²) < 4.78 is 25.7. The number of carbonyl (C=O) groups is 1. The first-order chi connectivity index (χ1) is 11.8. The molecule has 25 heavy (non-hydrogen) atoms. The van der Waals surface area contributed by atoms with Gasteiger partial charge in [0.25, 0.3) is 0 Å². The summed E-state index contributed by atoms with van der Waals surface area (Å²) in [6.45, 7) is 3.67. The van der Waals surface area contributed by atoms with Crippen molar-refractivity contribution in [2.24, 2.45) is 0 Å². The van der Waals surface area contributed by atoms with Crippen LogP contribution in [0.2, 0.25) is 0 Å². The first-order valence-corrected chi connectivity index (χ1v) is 10.1. The maximum Gasteiger partial charge on any atom is 0.248 e. The number of hydrogen-bond donors (Lipinski definition) is 0. The topological polar surface area (TPSA) is 57.7 Å². The van der Waals surface area contributed by atoms with Crippen LogP contribution in [0.4, 0.5) is 11.4 Å². The number of carbonyl (C=O) groups excluding carboxylic acids is 1. The normalized spacial score (nSPS) is 16.6. The largest absolute Gasteiger partial charge is 0.307 e. The van der Waals surface area contributed by atoms with Crippen LogP contribution in [-0.2, 0) is 21.2 Å². The highest BCUT2D eigenvalue weighted by molar-refractivity contribution is 7.92. The zero-order valence-corrected chi connectivity index (χ0v) is 15.5. The van der Waals surface area contributed by atoms with Gasteiger partial charge in [0.15, 0.2) is 0 Å². The number of benzene rings is 2. The number of hydrogen-bond acceptors (Lipinski definition) is 3. The van der Waals surface area contributed by atoms with Gasteiger partial charge < -0.3 is 4.90 Å². The molecule has 0 fully saturated rings. The summed E-state index contributed by atoms with van der Waals surface area (Å²) in [5, 5.41) is 0. The van der Waals surface area contributed by atoms with E-state index in [1.54, 1.807) is 23.1 Å². The molecule has 0 bridgehead atoms. The summed E-state index contributed by atoms with van der Waals surface area (Å²) in [6.07, 6.45) is 1.91. The molecule has 0 radical (unpaired) electrons. The predicted molar refractivity (Wildman–Crippen MR) is 100 cm³/mol. The molecule has 1 amide bonds. The molecule has 2 aromatic carbocycles. The first kappa shape index (κ1) is 17.5. The summed E-state index contributed by atoms with van der Waals surface area (Å²) >= 11 is 0. The van der Waals surface area contributed by atoms with E-state index in [1.807, 2.05) is 44.2 Å². The van der Waals surface area contributed by atoms with Crippen LogP contribution in [0.1, 0.15) is 18.1 Å². The summed E-state index contributed by atoms with van der Waals surface area (Å²) in [6, 6.07) is 15.0. The zero-order valence-electron chi connectivity index (χ0n) is 14.6. The number of para-hydroxylation sites is 1. The summed E-state index contributed by atoms with van der Waals surface area (Å²) in [5.41, 5.74) is 3.44. The molecule has 5 nitrogen and oxygen atoms in total. The Morgan fingerprint density at radius 3 is 2.60 bits per heavy atom. The smallest absolute Gasteiger partial charge is 0.248 e. The molecule has 0 aliphatic carbocycles. The van der Waals surface area contributed by atoms with Crippen molar-refractivity contribution < 1.29 is 13.2 Å². The fourth-order valence-corrected chi connectivity index (χ4v) is 4.17. The van der Waals surface area contributed by atoms with Crippen LogP contribution in [-0.4, -0.2) is 33.2 Å². The van der Waals surface area contributed by atoms with Gasteiger partial charge in [-0.15, -0.1) is 0 Å². The number of sulfonamides is 1. The molecule has 1 unspecified atom stereocenters. The fraction of sp³-hybridized carbons (Fsp3) is 0.316. The maximum absolute atomic E-state index is 13.0. The van der Waals surface area contributed by atoms with E-state index in [0.717, 1.165) is 29.5 Å². The van der Waals surface area contributed by atoms with Crippen molar-refractivity contribution in [2.75, 3.05) is 22.0 Å². The van der Waals surface area contributed by atoms with Crippen LogP contribution in [0.15, 0.2) is 48.5 Å². The van der Waals surface area contributed by atoms with E-state index in [1.165, 1.54) is 4.31 Å². The van der Waals surface area contributed by atoms with E-state index >= 15 is 0 Å². The third-order valence-corrected chi connectivity index (χ3v) is 5.59. The third kappa shape index (κ3) is 3.54. The molecule has 1 aliphatic rings. The van der Waals surface area contributed by atoms with Crippen molar-refractivity contribution in [1.29, 1.82) is 0 Å². The van der Waals surface area contributed by atoms with Gasteiger partial charge in [-0.1, -0.05) is 30.3 Å². The van der Waals surface area contributed by atoms with Gasteiger partial charge in [-0.3, -0.25) is 9.10 Å². The van der Waals surface area contributed by atoms with E-state index < -0.39 is 10.0 Å². The molecule has 0 aromatic heterocycles. The van der Waals surface area contributed by atoms with Crippen LogP contribution in [0.25, 0.3) is 0 Å². The van der Waals surface area contributed by atoms with E-state index in [-0.39, 0.29) is 18.5 Å². The Labute approximate surface area is 148 Å². The Morgan fingerprint density at radius 1 is 1.20 bits per heavy atom. The quantitative estimate of drug-likeness (QED) is 0.844. The summed E-state index contributed by atoms with van der Waals surface area (Å²) in [7, 11) is -3.57. The number of anilines is 2. The van der Waals surface area contributed by atoms with E-state index in [0.29, 0.717) is 5.69 Å². The number of fused-ring (bicyclic) bond motifs is 1. The van der Waals surface area contributed by atoms with Crippen molar-refractivity contribution >= 4 is 27.3 Å². The minimum absolute atomic E-state index is 0.0174. The molecule has 0 N–H and O–H groups in total. The van der Waals surface area contributed by atoms with Crippen LogP contribution < -0.4 is 9.21 Å². The summed E-state index contributed by atoms with van der Waals surface area (Å²) in [4.78, 5) is 14.7. The monoisotopic (exact) mass is 358 g/mol. The van der Waals surface area contributed by atoms with Crippen molar-refractivity contribution in [3.05, 3.63) is 59.7 Å². The highest BCUT2D eigenvalue weighted by atomic mass is 32.2. The molecular formula is C19H22N2O3S. The van der Waals surface area contributed by atoms with E-state index in [4.69, 9.17) is 0 Å². The van der Waals surface area contributed by atoms with Crippen molar-refractivity contribution in [2.45, 2.75) is 26.3 Å². The van der Waals surface area contributed by atoms with Crippen molar-refractivity contribution in [3.8, 4) is 0 Å². The standard InChI is InChI=1S/C19H22N2O3S/c1-14-7-6-9-17(11-14)20(25(3,23)24)13-19(22)21-15(2)12-16-8-4-5-10-18(16)21/h4-11,15H,12-13H2,1-3H3. The number of aryl methyl sites for hydroxylation is 1. The number of nitrogens with zero attached hydrogens (tertiary/aromatic N) is 2. The van der Waals surface area contributed by atoms with Gasteiger partial charge in [-0.05, 0) is 49.6 Å². The lowest BCUT2D eigenvalue weighted by Crippen LogP contribution is -2.45. The third-order valence-electron chi connectivity index (χ3n) is 4.44. The number of amides is 1. The van der Waals surface area contributed by atoms with E-state index in [2.05, 4.69) is 0 Å². The van der Waals surface area contributed by atoms with Gasteiger partial charge in [-0.25, -0.2) is 8.42 Å². The molecular weight excluding hydrogens is 336 g/mol. The van der Waals surface area contributed by atoms with Crippen LogP contribution in [0.3, 0.4) is 0 Å². The average Bonchev–Trinajstić information content (AvgIpc) is 2.87. The molecule has 132 valence electrons. The molecule has 1 heterocycles. The Bertz CT molecular complexity index is 908. The number of rotatable bonds is 4. The van der Waals surface area contributed by atoms with Gasteiger partial charge in [-0.2, -0.15) is 0 Å². The Hall–Kier alpha value is -2.34. The van der Waals surface area contributed by atoms with E-state index in [9.17, 15) is 13.2 Å². The second kappa shape index (κ2) is 6.52. The average molecular weight is 358 g/mol. The van der Waals surface area contributed by atoms with Gasteiger partial charge >= 0.3 is 0 Å². The highest BCUT2D eigenvalue weighted by Gasteiger charge is 2.33. The SMILES string of the molecule is Cc1cccc(N(CC(=O)N2c3ccccc3CC2C)S(C)(=O)=O)c1. The van der Waals surface area contributed by atoms with Crippen molar-refractivity contribution in [3.63, 3.8) is 0 Å². The van der Waals surface area contributed by atoms with Crippen LogP contribution >= 0.6 is 0 Å². The Morgan fingerprint density at radius 2 is 1.92 bits per heavy atom. The molecule has 1 aliphatic heterocycles. The lowest BCUT2D eigenvalue weighted by Gasteiger charge is -2.28. The second-order valence-electron chi connectivity index (χ2n) is 6.55. The van der Waals surface area contributed by atoms with Crippen molar-refractivity contribution in [1.82, 2.24) is 0 Å². The molecule has 6 heteroatoms. The van der Waals surface area contributed by atoms with Crippen LogP contribution in [0.5, 0.6) is 0 Å². The van der Waals surface area contributed by atoms with Crippen LogP contribution in [0, 0.1) is 6.92 Å². The molecule has 0 spiro atoms. The molecule has 0 saturated carbocycles. The lowest BCUT2D eigenvalue weighted by atomic mass is 10.1. The summed E-state index contributed by atoms with van der Waals surface area (Å²) in [5.74, 6) is -0.218. The molecule has 2 aromatic rings. The highest BCUT2D eigenvalue weighted by Crippen LogP contribution is 2.32. The minimum Gasteiger partial charge on any atom is -0.307 e.